The molecule has 15 heavy (non-hydrogen) atoms. The van der Waals surface area contributed by atoms with E-state index in [1.807, 2.05) is 5.43 Å². The van der Waals surface area contributed by atoms with Crippen molar-refractivity contribution >= 4 is 17.5 Å². The smallest absolute Gasteiger partial charge is 0.244 e. The van der Waals surface area contributed by atoms with E-state index in [4.69, 9.17) is 17.4 Å². The monoisotopic (exact) mass is 230 g/mol. The minimum absolute atomic E-state index is 0.220. The minimum atomic E-state index is -1.05. The summed E-state index contributed by atoms with van der Waals surface area (Å²) in [5.74, 6) is 4.08. The highest BCUT2D eigenvalue weighted by molar-refractivity contribution is 6.30. The zero-order valence-electron chi connectivity index (χ0n) is 8.47. The lowest BCUT2D eigenvalue weighted by molar-refractivity contribution is -0.125. The number of carbonyl (C=O) groups excluding carboxylic acids is 1. The van der Waals surface area contributed by atoms with Crippen LogP contribution in [0.5, 0.6) is 0 Å². The third-order valence-corrected chi connectivity index (χ3v) is 2.54. The second-order valence-electron chi connectivity index (χ2n) is 3.72. The number of amides is 1. The highest BCUT2D eigenvalue weighted by Gasteiger charge is 2.32. The highest BCUT2D eigenvalue weighted by Crippen LogP contribution is 2.28. The van der Waals surface area contributed by atoms with Crippen LogP contribution in [0, 0.1) is 5.82 Å². The Hall–Kier alpha value is -1.13. The summed E-state index contributed by atoms with van der Waals surface area (Å²) in [6.07, 6.45) is 0. The van der Waals surface area contributed by atoms with Crippen LogP contribution in [0.4, 0.5) is 4.39 Å². The molecule has 1 amide bonds. The molecule has 0 aliphatic rings. The molecule has 0 spiro atoms. The maximum absolute atomic E-state index is 13.5. The second kappa shape index (κ2) is 4.16. The van der Waals surface area contributed by atoms with Gasteiger partial charge in [-0.1, -0.05) is 11.6 Å². The molecule has 0 radical (unpaired) electrons. The zero-order chi connectivity index (χ0) is 11.6. The summed E-state index contributed by atoms with van der Waals surface area (Å²) in [4.78, 5) is 11.5. The van der Waals surface area contributed by atoms with E-state index in [2.05, 4.69) is 0 Å². The van der Waals surface area contributed by atoms with Gasteiger partial charge in [0.15, 0.2) is 0 Å². The number of hydrogen-bond acceptors (Lipinski definition) is 2. The lowest BCUT2D eigenvalue weighted by Gasteiger charge is -2.23. The molecule has 1 aromatic rings. The first-order valence-electron chi connectivity index (χ1n) is 4.36. The van der Waals surface area contributed by atoms with Crippen LogP contribution in [-0.2, 0) is 10.2 Å². The van der Waals surface area contributed by atoms with Crippen LogP contribution < -0.4 is 11.3 Å². The molecule has 82 valence electrons. The normalized spacial score (nSPS) is 11.3. The van der Waals surface area contributed by atoms with Crippen molar-refractivity contribution < 1.29 is 9.18 Å². The van der Waals surface area contributed by atoms with E-state index in [9.17, 15) is 9.18 Å². The molecule has 0 saturated heterocycles. The minimum Gasteiger partial charge on any atom is -0.294 e. The summed E-state index contributed by atoms with van der Waals surface area (Å²) in [6, 6.07) is 4.08. The zero-order valence-corrected chi connectivity index (χ0v) is 9.23. The van der Waals surface area contributed by atoms with E-state index in [-0.39, 0.29) is 5.56 Å². The predicted octanol–water partition coefficient (Wildman–Crippen LogP) is 1.75. The molecule has 0 heterocycles. The van der Waals surface area contributed by atoms with Gasteiger partial charge in [-0.3, -0.25) is 10.2 Å². The number of hydrogen-bond donors (Lipinski definition) is 2. The number of hydrazine groups is 1. The van der Waals surface area contributed by atoms with Crippen molar-refractivity contribution in [3.8, 4) is 0 Å². The standard InChI is InChI=1S/C10H12ClFN2O/c1-10(2,9(15)14-13)7-5-6(11)3-4-8(7)12/h3-5H,13H2,1-2H3,(H,14,15). The summed E-state index contributed by atoms with van der Waals surface area (Å²) in [5, 5.41) is 0.379. The molecule has 3 nitrogen and oxygen atoms in total. The van der Waals surface area contributed by atoms with E-state index in [0.717, 1.165) is 0 Å². The molecule has 5 heteroatoms. The van der Waals surface area contributed by atoms with Crippen LogP contribution in [0.3, 0.4) is 0 Å². The van der Waals surface area contributed by atoms with E-state index in [1.165, 1.54) is 18.2 Å². The molecule has 0 aliphatic carbocycles. The average molecular weight is 231 g/mol. The van der Waals surface area contributed by atoms with Crippen molar-refractivity contribution in [2.75, 3.05) is 0 Å². The molecule has 3 N–H and O–H groups in total. The number of halogens is 2. The van der Waals surface area contributed by atoms with Crippen LogP contribution in [0.15, 0.2) is 18.2 Å². The van der Waals surface area contributed by atoms with Crippen LogP contribution in [0.25, 0.3) is 0 Å². The topological polar surface area (TPSA) is 55.1 Å². The van der Waals surface area contributed by atoms with Gasteiger partial charge in [0.25, 0.3) is 0 Å². The SMILES string of the molecule is CC(C)(C(=O)NN)c1cc(Cl)ccc1F. The Labute approximate surface area is 92.4 Å². The van der Waals surface area contributed by atoms with Gasteiger partial charge >= 0.3 is 0 Å². The van der Waals surface area contributed by atoms with Gasteiger partial charge in [-0.05, 0) is 32.0 Å². The van der Waals surface area contributed by atoms with Gasteiger partial charge in [0.05, 0.1) is 5.41 Å². The van der Waals surface area contributed by atoms with Gasteiger partial charge < -0.3 is 0 Å². The Kier molecular flexibility index (Phi) is 3.31. The summed E-state index contributed by atoms with van der Waals surface area (Å²) in [6.45, 7) is 3.15. The number of nitrogens with one attached hydrogen (secondary N) is 1. The molecule has 0 fully saturated rings. The lowest BCUT2D eigenvalue weighted by atomic mass is 9.83. The molecular formula is C10H12ClFN2O. The highest BCUT2D eigenvalue weighted by atomic mass is 35.5. The quantitative estimate of drug-likeness (QED) is 0.462. The summed E-state index contributed by atoms with van der Waals surface area (Å²) in [5.41, 5.74) is 1.17. The maximum atomic E-state index is 13.5. The van der Waals surface area contributed by atoms with Gasteiger partial charge in [-0.2, -0.15) is 0 Å². The Morgan fingerprint density at radius 3 is 2.67 bits per heavy atom. The van der Waals surface area contributed by atoms with Crippen LogP contribution in [0.2, 0.25) is 5.02 Å². The Morgan fingerprint density at radius 2 is 2.13 bits per heavy atom. The molecule has 0 atom stereocenters. The van der Waals surface area contributed by atoms with Crippen molar-refractivity contribution in [1.29, 1.82) is 0 Å². The number of benzene rings is 1. The Bertz CT molecular complexity index is 393. The van der Waals surface area contributed by atoms with Crippen LogP contribution >= 0.6 is 11.6 Å². The first-order chi connectivity index (χ1) is 6.89. The number of rotatable bonds is 2. The lowest BCUT2D eigenvalue weighted by Crippen LogP contribution is -2.44. The van der Waals surface area contributed by atoms with Crippen molar-refractivity contribution in [2.24, 2.45) is 5.84 Å². The van der Waals surface area contributed by atoms with Gasteiger partial charge in [-0.25, -0.2) is 10.2 Å². The Morgan fingerprint density at radius 1 is 1.53 bits per heavy atom. The van der Waals surface area contributed by atoms with Crippen LogP contribution in [0.1, 0.15) is 19.4 Å². The molecule has 0 bridgehead atoms. The van der Waals surface area contributed by atoms with E-state index in [1.54, 1.807) is 13.8 Å². The number of carbonyl (C=O) groups is 1. The van der Waals surface area contributed by atoms with Crippen molar-refractivity contribution in [3.63, 3.8) is 0 Å². The van der Waals surface area contributed by atoms with E-state index in [0.29, 0.717) is 5.02 Å². The van der Waals surface area contributed by atoms with Crippen molar-refractivity contribution in [2.45, 2.75) is 19.3 Å². The molecule has 0 aromatic heterocycles. The van der Waals surface area contributed by atoms with Crippen LogP contribution in [-0.4, -0.2) is 5.91 Å². The van der Waals surface area contributed by atoms with E-state index < -0.39 is 17.1 Å². The molecule has 0 aliphatic heterocycles. The summed E-state index contributed by atoms with van der Waals surface area (Å²) < 4.78 is 13.5. The van der Waals surface area contributed by atoms with Crippen molar-refractivity contribution in [1.82, 2.24) is 5.43 Å². The van der Waals surface area contributed by atoms with E-state index >= 15 is 0 Å². The summed E-state index contributed by atoms with van der Waals surface area (Å²) in [7, 11) is 0. The maximum Gasteiger partial charge on any atom is 0.244 e. The fourth-order valence-electron chi connectivity index (χ4n) is 1.28. The fourth-order valence-corrected chi connectivity index (χ4v) is 1.45. The molecule has 0 unspecified atom stereocenters. The van der Waals surface area contributed by atoms with Gasteiger partial charge in [0, 0.05) is 10.6 Å². The largest absolute Gasteiger partial charge is 0.294 e. The first-order valence-corrected chi connectivity index (χ1v) is 4.74. The van der Waals surface area contributed by atoms with Gasteiger partial charge in [-0.15, -0.1) is 0 Å². The molecule has 1 aromatic carbocycles. The molecule has 0 saturated carbocycles. The number of nitrogens with two attached hydrogens (primary N) is 1. The van der Waals surface area contributed by atoms with Crippen molar-refractivity contribution in [3.05, 3.63) is 34.6 Å². The average Bonchev–Trinajstić information content (AvgIpc) is 2.20. The second-order valence-corrected chi connectivity index (χ2v) is 4.16. The first kappa shape index (κ1) is 11.9. The summed E-state index contributed by atoms with van der Waals surface area (Å²) >= 11 is 5.74. The third kappa shape index (κ3) is 2.27. The molecular weight excluding hydrogens is 219 g/mol. The predicted molar refractivity (Wildman–Crippen MR) is 56.8 cm³/mol. The fraction of sp³-hybridized carbons (Fsp3) is 0.300. The molecule has 1 rings (SSSR count). The van der Waals surface area contributed by atoms with Gasteiger partial charge in [0.1, 0.15) is 5.82 Å². The van der Waals surface area contributed by atoms with Gasteiger partial charge in [0.2, 0.25) is 5.91 Å². The third-order valence-electron chi connectivity index (χ3n) is 2.30. The Balaban J connectivity index is 3.25.